The van der Waals surface area contributed by atoms with Gasteiger partial charge in [0.05, 0.1) is 10.0 Å². The van der Waals surface area contributed by atoms with Crippen LogP contribution in [0, 0.1) is 5.82 Å². The quantitative estimate of drug-likeness (QED) is 0.920. The summed E-state index contributed by atoms with van der Waals surface area (Å²) in [5.41, 5.74) is 0. The van der Waals surface area contributed by atoms with Crippen LogP contribution in [0.2, 0.25) is 5.02 Å². The van der Waals surface area contributed by atoms with Gasteiger partial charge in [0, 0.05) is 24.5 Å². The Morgan fingerprint density at radius 1 is 1.42 bits per heavy atom. The van der Waals surface area contributed by atoms with Crippen molar-refractivity contribution in [3.8, 4) is 0 Å². The molecule has 1 aromatic carbocycles. The summed E-state index contributed by atoms with van der Waals surface area (Å²) in [6.07, 6.45) is 2.13. The van der Waals surface area contributed by atoms with Crippen LogP contribution in [0.4, 0.5) is 4.39 Å². The predicted molar refractivity (Wildman–Crippen MR) is 72.4 cm³/mol. The van der Waals surface area contributed by atoms with Crippen molar-refractivity contribution in [3.05, 3.63) is 45.6 Å². The molecular formula is C11H10ClFN2O2S2. The lowest BCUT2D eigenvalue weighted by molar-refractivity contribution is 0.577. The van der Waals surface area contributed by atoms with E-state index in [4.69, 9.17) is 11.6 Å². The third-order valence-corrected chi connectivity index (χ3v) is 5.08. The number of sulfonamides is 1. The molecule has 1 N–H and O–H groups in total. The minimum absolute atomic E-state index is 0.0110. The molecular weight excluding hydrogens is 311 g/mol. The van der Waals surface area contributed by atoms with Gasteiger partial charge in [-0.2, -0.15) is 0 Å². The van der Waals surface area contributed by atoms with Gasteiger partial charge in [-0.15, -0.1) is 11.3 Å². The maximum Gasteiger partial charge on any atom is 0.242 e. The summed E-state index contributed by atoms with van der Waals surface area (Å²) in [5, 5.41) is 2.63. The van der Waals surface area contributed by atoms with Crippen LogP contribution in [-0.2, 0) is 16.4 Å². The molecule has 19 heavy (non-hydrogen) atoms. The number of nitrogens with one attached hydrogen (secondary N) is 1. The number of thiazole rings is 1. The summed E-state index contributed by atoms with van der Waals surface area (Å²) in [5.74, 6) is -0.648. The summed E-state index contributed by atoms with van der Waals surface area (Å²) >= 11 is 7.21. The molecule has 4 nitrogen and oxygen atoms in total. The summed E-state index contributed by atoms with van der Waals surface area (Å²) in [6.45, 7) is 0.183. The Morgan fingerprint density at radius 2 is 2.21 bits per heavy atom. The average Bonchev–Trinajstić information content (AvgIpc) is 2.85. The molecule has 0 unspecified atom stereocenters. The first-order valence-corrected chi connectivity index (χ1v) is 8.06. The van der Waals surface area contributed by atoms with Crippen molar-refractivity contribution in [1.82, 2.24) is 9.71 Å². The molecule has 0 spiro atoms. The van der Waals surface area contributed by atoms with Crippen LogP contribution in [0.25, 0.3) is 0 Å². The number of aromatic nitrogens is 1. The van der Waals surface area contributed by atoms with Gasteiger partial charge in [0.1, 0.15) is 10.7 Å². The van der Waals surface area contributed by atoms with E-state index in [1.54, 1.807) is 6.20 Å². The van der Waals surface area contributed by atoms with Gasteiger partial charge in [0.15, 0.2) is 0 Å². The summed E-state index contributed by atoms with van der Waals surface area (Å²) in [4.78, 5) is 3.78. The van der Waals surface area contributed by atoms with E-state index in [2.05, 4.69) is 9.71 Å². The second-order valence-corrected chi connectivity index (χ2v) is 6.77. The highest BCUT2D eigenvalue weighted by atomic mass is 35.5. The van der Waals surface area contributed by atoms with Crippen molar-refractivity contribution in [2.24, 2.45) is 0 Å². The highest BCUT2D eigenvalue weighted by Crippen LogP contribution is 2.21. The second-order valence-electron chi connectivity index (χ2n) is 3.65. The third kappa shape index (κ3) is 3.73. The number of rotatable bonds is 5. The summed E-state index contributed by atoms with van der Waals surface area (Å²) in [7, 11) is -3.81. The van der Waals surface area contributed by atoms with E-state index < -0.39 is 15.8 Å². The van der Waals surface area contributed by atoms with Crippen LogP contribution in [0.5, 0.6) is 0 Å². The van der Waals surface area contributed by atoms with Crippen LogP contribution in [0.3, 0.4) is 0 Å². The van der Waals surface area contributed by atoms with Crippen molar-refractivity contribution in [1.29, 1.82) is 0 Å². The minimum Gasteiger partial charge on any atom is -0.250 e. The van der Waals surface area contributed by atoms with Crippen molar-refractivity contribution in [2.75, 3.05) is 6.54 Å². The Morgan fingerprint density at radius 3 is 2.89 bits per heavy atom. The second kappa shape index (κ2) is 5.96. The van der Waals surface area contributed by atoms with Crippen molar-refractivity contribution >= 4 is 33.0 Å². The lowest BCUT2D eigenvalue weighted by atomic mass is 10.3. The molecule has 0 aliphatic heterocycles. The fourth-order valence-corrected chi connectivity index (χ4v) is 3.59. The normalized spacial score (nSPS) is 11.7. The van der Waals surface area contributed by atoms with E-state index in [9.17, 15) is 12.8 Å². The lowest BCUT2D eigenvalue weighted by Crippen LogP contribution is -2.26. The van der Waals surface area contributed by atoms with Crippen LogP contribution in [0.1, 0.15) is 5.01 Å². The Labute approximate surface area is 119 Å². The Bertz CT molecular complexity index is 659. The highest BCUT2D eigenvalue weighted by Gasteiger charge is 2.18. The van der Waals surface area contributed by atoms with Gasteiger partial charge >= 0.3 is 0 Å². The van der Waals surface area contributed by atoms with E-state index >= 15 is 0 Å². The smallest absolute Gasteiger partial charge is 0.242 e. The topological polar surface area (TPSA) is 59.1 Å². The van der Waals surface area contributed by atoms with Crippen LogP contribution in [-0.4, -0.2) is 19.9 Å². The van der Waals surface area contributed by atoms with Crippen LogP contribution in [0.15, 0.2) is 34.7 Å². The Hall–Kier alpha value is -1.02. The van der Waals surface area contributed by atoms with Crippen molar-refractivity contribution < 1.29 is 12.8 Å². The van der Waals surface area contributed by atoms with E-state index in [1.165, 1.54) is 17.4 Å². The molecule has 102 valence electrons. The van der Waals surface area contributed by atoms with Crippen molar-refractivity contribution in [3.63, 3.8) is 0 Å². The predicted octanol–water partition coefficient (Wildman–Crippen LogP) is 2.46. The summed E-state index contributed by atoms with van der Waals surface area (Å²) in [6, 6.07) is 3.22. The molecule has 8 heteroatoms. The molecule has 0 bridgehead atoms. The minimum atomic E-state index is -3.81. The SMILES string of the molecule is O=S(=O)(NCCc1nccs1)c1cc(F)ccc1Cl. The first-order chi connectivity index (χ1) is 8.99. The Balaban J connectivity index is 2.07. The zero-order valence-electron chi connectivity index (χ0n) is 9.64. The monoisotopic (exact) mass is 320 g/mol. The first-order valence-electron chi connectivity index (χ1n) is 5.32. The molecule has 0 fully saturated rings. The van der Waals surface area contributed by atoms with E-state index in [0.29, 0.717) is 6.42 Å². The number of hydrogen-bond acceptors (Lipinski definition) is 4. The molecule has 0 atom stereocenters. The van der Waals surface area contributed by atoms with Gasteiger partial charge in [0.2, 0.25) is 10.0 Å². The fourth-order valence-electron chi connectivity index (χ4n) is 1.43. The third-order valence-electron chi connectivity index (χ3n) is 2.30. The van der Waals surface area contributed by atoms with E-state index in [0.717, 1.165) is 17.1 Å². The molecule has 2 rings (SSSR count). The molecule has 0 amide bonds. The number of nitrogens with zero attached hydrogens (tertiary/aromatic N) is 1. The standard InChI is InChI=1S/C11H10ClFN2O2S2/c12-9-2-1-8(13)7-10(9)19(16,17)15-4-3-11-14-5-6-18-11/h1-2,5-7,15H,3-4H2. The largest absolute Gasteiger partial charge is 0.250 e. The number of halogens is 2. The van der Waals surface area contributed by atoms with Crippen LogP contribution < -0.4 is 4.72 Å². The van der Waals surface area contributed by atoms with Crippen LogP contribution >= 0.6 is 22.9 Å². The van der Waals surface area contributed by atoms with Gasteiger partial charge in [-0.3, -0.25) is 0 Å². The maximum absolute atomic E-state index is 13.1. The first kappa shape index (κ1) is 14.4. The van der Waals surface area contributed by atoms with E-state index in [1.807, 2.05) is 5.38 Å². The molecule has 0 aliphatic rings. The maximum atomic E-state index is 13.1. The zero-order chi connectivity index (χ0) is 13.9. The molecule has 1 heterocycles. The van der Waals surface area contributed by atoms with Gasteiger partial charge in [0.25, 0.3) is 0 Å². The fraction of sp³-hybridized carbons (Fsp3) is 0.182. The molecule has 0 saturated carbocycles. The lowest BCUT2D eigenvalue weighted by Gasteiger charge is -2.07. The zero-order valence-corrected chi connectivity index (χ0v) is 12.0. The van der Waals surface area contributed by atoms with Gasteiger partial charge in [-0.25, -0.2) is 22.5 Å². The van der Waals surface area contributed by atoms with Gasteiger partial charge in [-0.1, -0.05) is 11.6 Å². The molecule has 1 aromatic heterocycles. The molecule has 0 radical (unpaired) electrons. The van der Waals surface area contributed by atoms with Gasteiger partial charge in [-0.05, 0) is 18.2 Å². The molecule has 0 saturated heterocycles. The van der Waals surface area contributed by atoms with Crippen molar-refractivity contribution in [2.45, 2.75) is 11.3 Å². The average molecular weight is 321 g/mol. The van der Waals surface area contributed by atoms with Gasteiger partial charge < -0.3 is 0 Å². The number of hydrogen-bond donors (Lipinski definition) is 1. The highest BCUT2D eigenvalue weighted by molar-refractivity contribution is 7.89. The Kier molecular flexibility index (Phi) is 4.51. The molecule has 2 aromatic rings. The molecule has 0 aliphatic carbocycles. The van der Waals surface area contributed by atoms with E-state index in [-0.39, 0.29) is 16.5 Å². The summed E-state index contributed by atoms with van der Waals surface area (Å²) < 4.78 is 39.3. The number of benzene rings is 1.